The molecule has 7 nitrogen and oxygen atoms in total. The molecule has 0 spiro atoms. The maximum Gasteiger partial charge on any atom is 0.407 e. The lowest BCUT2D eigenvalue weighted by atomic mass is 10.1. The first-order valence-electron chi connectivity index (χ1n) is 6.78. The highest BCUT2D eigenvalue weighted by molar-refractivity contribution is 6.30. The Morgan fingerprint density at radius 3 is 2.59 bits per heavy atom. The van der Waals surface area contributed by atoms with E-state index in [4.69, 9.17) is 16.3 Å². The van der Waals surface area contributed by atoms with Crippen molar-refractivity contribution in [3.05, 3.63) is 23.0 Å². The first kappa shape index (κ1) is 18.5. The number of amides is 1. The van der Waals surface area contributed by atoms with Crippen LogP contribution in [-0.2, 0) is 4.74 Å². The van der Waals surface area contributed by atoms with Gasteiger partial charge in [-0.2, -0.15) is 0 Å². The minimum absolute atomic E-state index is 0.0978. The van der Waals surface area contributed by atoms with Crippen molar-refractivity contribution in [3.63, 3.8) is 0 Å². The first-order valence-corrected chi connectivity index (χ1v) is 7.16. The molecule has 0 aromatic carbocycles. The molecule has 2 atom stereocenters. The third-order valence-corrected chi connectivity index (χ3v) is 2.90. The van der Waals surface area contributed by atoms with Gasteiger partial charge in [0.05, 0.1) is 11.8 Å². The van der Waals surface area contributed by atoms with Crippen LogP contribution in [0.2, 0.25) is 5.15 Å². The van der Waals surface area contributed by atoms with Crippen molar-refractivity contribution in [1.29, 1.82) is 0 Å². The molecular weight excluding hydrogens is 312 g/mol. The van der Waals surface area contributed by atoms with Gasteiger partial charge >= 0.3 is 6.09 Å². The molecule has 0 bridgehead atoms. The van der Waals surface area contributed by atoms with E-state index >= 15 is 0 Å². The Kier molecular flexibility index (Phi) is 6.40. The van der Waals surface area contributed by atoms with E-state index in [9.17, 15) is 20.1 Å². The van der Waals surface area contributed by atoms with E-state index in [2.05, 4.69) is 10.3 Å². The maximum atomic E-state index is 11.4. The van der Waals surface area contributed by atoms with Crippen molar-refractivity contribution in [2.75, 3.05) is 6.54 Å². The lowest BCUT2D eigenvalue weighted by Gasteiger charge is -2.21. The number of nitrogens with one attached hydrogen (secondary N) is 1. The molecule has 1 aromatic heterocycles. The fourth-order valence-electron chi connectivity index (χ4n) is 1.60. The zero-order valence-corrected chi connectivity index (χ0v) is 13.5. The predicted octanol–water partition coefficient (Wildman–Crippen LogP) is 1.75. The number of halogens is 1. The van der Waals surface area contributed by atoms with Gasteiger partial charge in [0.15, 0.2) is 10.9 Å². The Morgan fingerprint density at radius 1 is 1.41 bits per heavy atom. The molecule has 1 aromatic rings. The highest BCUT2D eigenvalue weighted by atomic mass is 35.5. The van der Waals surface area contributed by atoms with Gasteiger partial charge in [0.2, 0.25) is 0 Å². The number of aliphatic hydroxyl groups excluding tert-OH is 2. The SMILES string of the molecule is CC(C)(C)OC(=O)NCCC(O)C(O)c1ccc(O)c(Cl)n1. The molecule has 8 heteroatoms. The van der Waals surface area contributed by atoms with Crippen LogP contribution in [0.25, 0.3) is 0 Å². The summed E-state index contributed by atoms with van der Waals surface area (Å²) in [6.45, 7) is 5.35. The summed E-state index contributed by atoms with van der Waals surface area (Å²) in [4.78, 5) is 15.2. The van der Waals surface area contributed by atoms with E-state index in [0.29, 0.717) is 0 Å². The molecule has 0 saturated heterocycles. The number of aliphatic hydroxyl groups is 2. The topological polar surface area (TPSA) is 112 Å². The number of hydrogen-bond donors (Lipinski definition) is 4. The number of ether oxygens (including phenoxy) is 1. The summed E-state index contributed by atoms with van der Waals surface area (Å²) in [6, 6.07) is 2.63. The lowest BCUT2D eigenvalue weighted by molar-refractivity contribution is 0.00990. The van der Waals surface area contributed by atoms with Crippen LogP contribution < -0.4 is 5.32 Å². The average molecular weight is 333 g/mol. The van der Waals surface area contributed by atoms with Crippen molar-refractivity contribution in [2.24, 2.45) is 0 Å². The van der Waals surface area contributed by atoms with Crippen LogP contribution in [0.4, 0.5) is 4.79 Å². The summed E-state index contributed by atoms with van der Waals surface area (Å²) >= 11 is 5.64. The largest absolute Gasteiger partial charge is 0.505 e. The Labute approximate surface area is 133 Å². The van der Waals surface area contributed by atoms with E-state index in [0.717, 1.165) is 0 Å². The summed E-state index contributed by atoms with van der Waals surface area (Å²) in [7, 11) is 0. The lowest BCUT2D eigenvalue weighted by Crippen LogP contribution is -2.34. The molecule has 0 fully saturated rings. The van der Waals surface area contributed by atoms with Crippen LogP contribution in [0.15, 0.2) is 12.1 Å². The first-order chi connectivity index (χ1) is 10.1. The summed E-state index contributed by atoms with van der Waals surface area (Å²) in [6.07, 6.45) is -2.93. The van der Waals surface area contributed by atoms with Crippen molar-refractivity contribution in [3.8, 4) is 5.75 Å². The molecule has 4 N–H and O–H groups in total. The molecule has 0 aliphatic carbocycles. The minimum atomic E-state index is -1.28. The number of carbonyl (C=O) groups is 1. The fourth-order valence-corrected chi connectivity index (χ4v) is 1.76. The average Bonchev–Trinajstić information content (AvgIpc) is 2.38. The predicted molar refractivity (Wildman–Crippen MR) is 80.7 cm³/mol. The summed E-state index contributed by atoms with van der Waals surface area (Å²) in [5, 5.41) is 31.4. The van der Waals surface area contributed by atoms with Crippen molar-refractivity contribution in [2.45, 2.75) is 45.0 Å². The maximum absolute atomic E-state index is 11.4. The highest BCUT2D eigenvalue weighted by Gasteiger charge is 2.21. The third-order valence-electron chi connectivity index (χ3n) is 2.63. The molecule has 0 saturated carbocycles. The Hall–Kier alpha value is -1.57. The standard InChI is InChI=1S/C14H21ClN2O5/c1-14(2,3)22-13(21)16-7-6-9(18)11(20)8-4-5-10(19)12(15)17-8/h4-5,9,11,18-20H,6-7H2,1-3H3,(H,16,21). The van der Waals surface area contributed by atoms with Crippen molar-refractivity contribution < 1.29 is 24.9 Å². The number of nitrogens with zero attached hydrogens (tertiary/aromatic N) is 1. The summed E-state index contributed by atoms with van der Waals surface area (Å²) in [5.41, 5.74) is -0.470. The smallest absolute Gasteiger partial charge is 0.407 e. The second-order valence-electron chi connectivity index (χ2n) is 5.78. The monoisotopic (exact) mass is 332 g/mol. The van der Waals surface area contributed by atoms with Crippen LogP contribution in [0.3, 0.4) is 0 Å². The summed E-state index contributed by atoms with van der Waals surface area (Å²) in [5.74, 6) is -0.210. The van der Waals surface area contributed by atoms with Crippen molar-refractivity contribution >= 4 is 17.7 Å². The van der Waals surface area contributed by atoms with E-state index in [-0.39, 0.29) is 29.6 Å². The zero-order chi connectivity index (χ0) is 16.9. The van der Waals surface area contributed by atoms with E-state index < -0.39 is 23.9 Å². The summed E-state index contributed by atoms with van der Waals surface area (Å²) < 4.78 is 5.04. The van der Waals surface area contributed by atoms with Crippen LogP contribution in [-0.4, -0.2) is 44.6 Å². The molecule has 1 heterocycles. The Bertz CT molecular complexity index is 518. The number of aromatic nitrogens is 1. The van der Waals surface area contributed by atoms with Crippen LogP contribution >= 0.6 is 11.6 Å². The second kappa shape index (κ2) is 7.62. The van der Waals surface area contributed by atoms with Crippen LogP contribution in [0.1, 0.15) is 39.0 Å². The molecule has 22 heavy (non-hydrogen) atoms. The van der Waals surface area contributed by atoms with Gasteiger partial charge in [-0.25, -0.2) is 9.78 Å². The van der Waals surface area contributed by atoms with Gasteiger partial charge in [0.1, 0.15) is 11.7 Å². The number of hydrogen-bond acceptors (Lipinski definition) is 6. The van der Waals surface area contributed by atoms with Gasteiger partial charge in [-0.1, -0.05) is 11.6 Å². The van der Waals surface area contributed by atoms with Gasteiger partial charge in [0.25, 0.3) is 0 Å². The quantitative estimate of drug-likeness (QED) is 0.611. The highest BCUT2D eigenvalue weighted by Crippen LogP contribution is 2.24. The van der Waals surface area contributed by atoms with Crippen LogP contribution in [0.5, 0.6) is 5.75 Å². The van der Waals surface area contributed by atoms with E-state index in [1.54, 1.807) is 20.8 Å². The van der Waals surface area contributed by atoms with E-state index in [1.165, 1.54) is 12.1 Å². The Morgan fingerprint density at radius 2 is 2.05 bits per heavy atom. The van der Waals surface area contributed by atoms with E-state index in [1.807, 2.05) is 0 Å². The van der Waals surface area contributed by atoms with Gasteiger partial charge in [-0.3, -0.25) is 0 Å². The molecule has 124 valence electrons. The molecule has 0 aliphatic heterocycles. The number of alkyl carbamates (subject to hydrolysis) is 1. The molecule has 0 aliphatic rings. The van der Waals surface area contributed by atoms with Gasteiger partial charge in [-0.15, -0.1) is 0 Å². The van der Waals surface area contributed by atoms with Gasteiger partial charge in [-0.05, 0) is 39.3 Å². The minimum Gasteiger partial charge on any atom is -0.505 e. The zero-order valence-electron chi connectivity index (χ0n) is 12.7. The number of carbonyl (C=O) groups excluding carboxylic acids is 1. The number of rotatable bonds is 5. The van der Waals surface area contributed by atoms with Gasteiger partial charge < -0.3 is 25.4 Å². The molecule has 1 amide bonds. The molecule has 1 rings (SSSR count). The molecule has 0 radical (unpaired) electrons. The van der Waals surface area contributed by atoms with Gasteiger partial charge in [0, 0.05) is 6.54 Å². The number of aromatic hydroxyl groups is 1. The van der Waals surface area contributed by atoms with Crippen molar-refractivity contribution in [1.82, 2.24) is 10.3 Å². The molecule has 2 unspecified atom stereocenters. The fraction of sp³-hybridized carbons (Fsp3) is 0.571. The van der Waals surface area contributed by atoms with Crippen LogP contribution in [0, 0.1) is 0 Å². The second-order valence-corrected chi connectivity index (χ2v) is 6.13. The molecular formula is C14H21ClN2O5. The Balaban J connectivity index is 2.46. The normalized spacial score (nSPS) is 14.3. The number of pyridine rings is 1. The third kappa shape index (κ3) is 6.05.